The van der Waals surface area contributed by atoms with E-state index >= 15 is 0 Å². The Morgan fingerprint density at radius 3 is 2.36 bits per heavy atom. The molecule has 1 N–H and O–H groups in total. The summed E-state index contributed by atoms with van der Waals surface area (Å²) in [5.74, 6) is -1.17. The van der Waals surface area contributed by atoms with Crippen LogP contribution in [0.2, 0.25) is 0 Å². The minimum Gasteiger partial charge on any atom is -0.374 e. The number of hydrogen-bond acceptors (Lipinski definition) is 3. The zero-order chi connectivity index (χ0) is 20.5. The van der Waals surface area contributed by atoms with Gasteiger partial charge in [-0.3, -0.25) is 4.79 Å². The zero-order valence-electron chi connectivity index (χ0n) is 16.7. The summed E-state index contributed by atoms with van der Waals surface area (Å²) in [6.07, 6.45) is 0. The first-order valence-electron chi connectivity index (χ1n) is 9.00. The fraction of sp³-hybridized carbons (Fsp3) is 0.273. The first-order chi connectivity index (χ1) is 13.2. The van der Waals surface area contributed by atoms with Crippen LogP contribution >= 0.6 is 0 Å². The highest BCUT2D eigenvalue weighted by Gasteiger charge is 2.22. The molecule has 0 unspecified atom stereocenters. The molecule has 0 aliphatic carbocycles. The lowest BCUT2D eigenvalue weighted by Gasteiger charge is -2.23. The molecule has 0 atom stereocenters. The van der Waals surface area contributed by atoms with E-state index in [2.05, 4.69) is 10.4 Å². The fourth-order valence-corrected chi connectivity index (χ4v) is 3.09. The summed E-state index contributed by atoms with van der Waals surface area (Å²) >= 11 is 0. The van der Waals surface area contributed by atoms with Gasteiger partial charge in [-0.1, -0.05) is 42.5 Å². The highest BCUT2D eigenvalue weighted by atomic mass is 19.1. The third-order valence-electron chi connectivity index (χ3n) is 4.96. The molecule has 0 fully saturated rings. The van der Waals surface area contributed by atoms with Gasteiger partial charge in [-0.25, -0.2) is 4.68 Å². The normalized spacial score (nSPS) is 11.5. The van der Waals surface area contributed by atoms with E-state index in [4.69, 9.17) is 4.74 Å². The van der Waals surface area contributed by atoms with Crippen LogP contribution < -0.4 is 5.32 Å². The molecule has 0 saturated carbocycles. The molecular weight excluding hydrogens is 357 g/mol. The van der Waals surface area contributed by atoms with E-state index in [1.54, 1.807) is 20.1 Å². The van der Waals surface area contributed by atoms with Crippen molar-refractivity contribution in [2.75, 3.05) is 12.4 Å². The number of hydrogen-bond donors (Lipinski definition) is 1. The van der Waals surface area contributed by atoms with Gasteiger partial charge in [0.05, 0.1) is 11.3 Å². The number of nitrogens with one attached hydrogen (secondary N) is 1. The SMILES string of the molecule is COC(C)(C)c1ccc(-c2ccccc2NC(=O)c2c(C)nn(C)c2F)cc1. The van der Waals surface area contributed by atoms with Crippen molar-refractivity contribution in [3.63, 3.8) is 0 Å². The second-order valence-electron chi connectivity index (χ2n) is 7.17. The van der Waals surface area contributed by atoms with E-state index in [-0.39, 0.29) is 11.2 Å². The quantitative estimate of drug-likeness (QED) is 0.699. The van der Waals surface area contributed by atoms with Gasteiger partial charge in [-0.05, 0) is 38.0 Å². The molecule has 5 nitrogen and oxygen atoms in total. The lowest BCUT2D eigenvalue weighted by molar-refractivity contribution is 0.0192. The third-order valence-corrected chi connectivity index (χ3v) is 4.96. The molecule has 1 aromatic heterocycles. The Kier molecular flexibility index (Phi) is 5.34. The van der Waals surface area contributed by atoms with Gasteiger partial charge in [-0.2, -0.15) is 9.49 Å². The van der Waals surface area contributed by atoms with Crippen molar-refractivity contribution in [1.82, 2.24) is 9.78 Å². The maximum Gasteiger partial charge on any atom is 0.262 e. The first-order valence-corrected chi connectivity index (χ1v) is 9.00. The Labute approximate surface area is 164 Å². The molecule has 0 aliphatic heterocycles. The molecular formula is C22H24FN3O2. The fourth-order valence-electron chi connectivity index (χ4n) is 3.09. The molecule has 146 valence electrons. The summed E-state index contributed by atoms with van der Waals surface area (Å²) in [6, 6.07) is 15.4. The van der Waals surface area contributed by atoms with Crippen molar-refractivity contribution < 1.29 is 13.9 Å². The van der Waals surface area contributed by atoms with Crippen LogP contribution in [0.3, 0.4) is 0 Å². The van der Waals surface area contributed by atoms with Gasteiger partial charge in [-0.15, -0.1) is 0 Å². The van der Waals surface area contributed by atoms with Crippen molar-refractivity contribution in [2.45, 2.75) is 26.4 Å². The van der Waals surface area contributed by atoms with Crippen LogP contribution in [0.1, 0.15) is 35.5 Å². The number of anilines is 1. The molecule has 2 aromatic carbocycles. The number of para-hydroxylation sites is 1. The van der Waals surface area contributed by atoms with E-state index in [9.17, 15) is 9.18 Å². The molecule has 0 saturated heterocycles. The molecule has 0 spiro atoms. The van der Waals surface area contributed by atoms with E-state index in [1.807, 2.05) is 56.3 Å². The van der Waals surface area contributed by atoms with Crippen LogP contribution in [-0.2, 0) is 17.4 Å². The minimum absolute atomic E-state index is 0.0468. The van der Waals surface area contributed by atoms with Gasteiger partial charge in [0.1, 0.15) is 5.56 Å². The summed E-state index contributed by atoms with van der Waals surface area (Å²) < 4.78 is 20.8. The molecule has 6 heteroatoms. The Hall–Kier alpha value is -2.99. The second kappa shape index (κ2) is 7.56. The summed E-state index contributed by atoms with van der Waals surface area (Å²) in [5.41, 5.74) is 3.36. The Morgan fingerprint density at radius 2 is 1.79 bits per heavy atom. The predicted molar refractivity (Wildman–Crippen MR) is 108 cm³/mol. The van der Waals surface area contributed by atoms with E-state index in [1.165, 1.54) is 7.05 Å². The van der Waals surface area contributed by atoms with E-state index in [0.717, 1.165) is 21.4 Å². The van der Waals surface area contributed by atoms with Gasteiger partial charge in [0.15, 0.2) is 0 Å². The van der Waals surface area contributed by atoms with Gasteiger partial charge in [0.25, 0.3) is 5.91 Å². The van der Waals surface area contributed by atoms with Gasteiger partial charge in [0, 0.05) is 25.4 Å². The van der Waals surface area contributed by atoms with Crippen LogP contribution in [0.5, 0.6) is 0 Å². The lowest BCUT2D eigenvalue weighted by atomic mass is 9.95. The minimum atomic E-state index is -0.654. The van der Waals surface area contributed by atoms with E-state index < -0.39 is 11.9 Å². The van der Waals surface area contributed by atoms with Crippen LogP contribution in [0, 0.1) is 12.9 Å². The highest BCUT2D eigenvalue weighted by Crippen LogP contribution is 2.31. The van der Waals surface area contributed by atoms with Crippen molar-refractivity contribution in [3.05, 3.63) is 71.3 Å². The molecule has 3 rings (SSSR count). The number of benzene rings is 2. The first kappa shape index (κ1) is 19.8. The summed E-state index contributed by atoms with van der Waals surface area (Å²) in [5, 5.41) is 6.78. The molecule has 0 aliphatic rings. The summed E-state index contributed by atoms with van der Waals surface area (Å²) in [6.45, 7) is 5.61. The monoisotopic (exact) mass is 381 g/mol. The highest BCUT2D eigenvalue weighted by molar-refractivity contribution is 6.07. The number of halogens is 1. The summed E-state index contributed by atoms with van der Waals surface area (Å²) in [7, 11) is 3.15. The second-order valence-corrected chi connectivity index (χ2v) is 7.17. The molecule has 1 amide bonds. The molecule has 1 heterocycles. The Morgan fingerprint density at radius 1 is 1.14 bits per heavy atom. The van der Waals surface area contributed by atoms with Gasteiger partial charge < -0.3 is 10.1 Å². The summed E-state index contributed by atoms with van der Waals surface area (Å²) in [4.78, 5) is 12.7. The zero-order valence-corrected chi connectivity index (χ0v) is 16.7. The van der Waals surface area contributed by atoms with Crippen molar-refractivity contribution in [1.29, 1.82) is 0 Å². The molecule has 0 bridgehead atoms. The van der Waals surface area contributed by atoms with Crippen LogP contribution in [0.15, 0.2) is 48.5 Å². The third kappa shape index (κ3) is 3.68. The number of carbonyl (C=O) groups is 1. The molecule has 0 radical (unpaired) electrons. The number of amides is 1. The number of rotatable bonds is 5. The number of methoxy groups -OCH3 is 1. The predicted octanol–water partition coefficient (Wildman–Crippen LogP) is 4.67. The smallest absolute Gasteiger partial charge is 0.262 e. The van der Waals surface area contributed by atoms with Crippen molar-refractivity contribution in [2.24, 2.45) is 7.05 Å². The van der Waals surface area contributed by atoms with Crippen LogP contribution in [-0.4, -0.2) is 22.8 Å². The Balaban J connectivity index is 1.93. The average Bonchev–Trinajstić information content (AvgIpc) is 2.94. The number of nitrogens with zero attached hydrogens (tertiary/aromatic N) is 2. The average molecular weight is 381 g/mol. The largest absolute Gasteiger partial charge is 0.374 e. The topological polar surface area (TPSA) is 56.1 Å². The number of aromatic nitrogens is 2. The number of carbonyl (C=O) groups excluding carboxylic acids is 1. The lowest BCUT2D eigenvalue weighted by Crippen LogP contribution is -2.19. The molecule has 28 heavy (non-hydrogen) atoms. The Bertz CT molecular complexity index is 1010. The maximum absolute atomic E-state index is 14.2. The van der Waals surface area contributed by atoms with Crippen molar-refractivity contribution >= 4 is 11.6 Å². The van der Waals surface area contributed by atoms with Crippen LogP contribution in [0.4, 0.5) is 10.1 Å². The van der Waals surface area contributed by atoms with Crippen molar-refractivity contribution in [3.8, 4) is 11.1 Å². The van der Waals surface area contributed by atoms with Gasteiger partial charge >= 0.3 is 0 Å². The maximum atomic E-state index is 14.2. The standard InChI is InChI=1S/C22H24FN3O2/c1-14-19(20(23)26(4)25-14)21(27)24-18-9-7-6-8-17(18)15-10-12-16(13-11-15)22(2,3)28-5/h6-13H,1-5H3,(H,24,27). The molecule has 3 aromatic rings. The van der Waals surface area contributed by atoms with Crippen LogP contribution in [0.25, 0.3) is 11.1 Å². The van der Waals surface area contributed by atoms with Gasteiger partial charge in [0.2, 0.25) is 5.95 Å². The van der Waals surface area contributed by atoms with E-state index in [0.29, 0.717) is 11.4 Å². The number of ether oxygens (including phenoxy) is 1. The number of aryl methyl sites for hydroxylation is 2.